The predicted octanol–water partition coefficient (Wildman–Crippen LogP) is 1.24. The monoisotopic (exact) mass is 219 g/mol. The average molecular weight is 219 g/mol. The molecule has 0 amide bonds. The number of carbonyl (C=O) groups excluding carboxylic acids is 1. The second kappa shape index (κ2) is 7.82. The van der Waals surface area contributed by atoms with E-state index in [4.69, 9.17) is 10.8 Å². The first-order chi connectivity index (χ1) is 6.54. The maximum absolute atomic E-state index is 10.5. The Morgan fingerprint density at radius 2 is 2.00 bits per heavy atom. The van der Waals surface area contributed by atoms with Gasteiger partial charge in [0.1, 0.15) is 6.04 Å². The predicted molar refractivity (Wildman–Crippen MR) is 57.2 cm³/mol. The number of nitrogens with two attached hydrogens (primary N) is 1. The molecule has 0 saturated carbocycles. The molecule has 0 aliphatic carbocycles. The third-order valence-electron chi connectivity index (χ3n) is 1.78. The number of rotatable bonds is 7. The Morgan fingerprint density at radius 1 is 1.36 bits per heavy atom. The molecule has 0 aliphatic heterocycles. The van der Waals surface area contributed by atoms with Gasteiger partial charge in [-0.3, -0.25) is 9.59 Å². The Bertz CT molecular complexity index is 196. The van der Waals surface area contributed by atoms with Crippen molar-refractivity contribution < 1.29 is 14.7 Å². The number of hydrogen-bond acceptors (Lipinski definition) is 4. The van der Waals surface area contributed by atoms with E-state index < -0.39 is 12.0 Å². The number of carboxylic acid groups (broad SMARTS) is 1. The van der Waals surface area contributed by atoms with Crippen molar-refractivity contribution >= 4 is 22.8 Å². The first-order valence-corrected chi connectivity index (χ1v) is 5.64. The van der Waals surface area contributed by atoms with Crippen LogP contribution >= 0.6 is 11.8 Å². The lowest BCUT2D eigenvalue weighted by Gasteiger charge is -2.04. The van der Waals surface area contributed by atoms with Crippen LogP contribution in [0.1, 0.15) is 32.6 Å². The van der Waals surface area contributed by atoms with Crippen LogP contribution in [0, 0.1) is 0 Å². The van der Waals surface area contributed by atoms with Crippen LogP contribution in [0.2, 0.25) is 0 Å². The van der Waals surface area contributed by atoms with E-state index in [0.717, 1.165) is 25.0 Å². The highest BCUT2D eigenvalue weighted by molar-refractivity contribution is 8.13. The maximum atomic E-state index is 10.5. The second-order valence-corrected chi connectivity index (χ2v) is 4.41. The summed E-state index contributed by atoms with van der Waals surface area (Å²) in [5, 5.41) is 8.62. The highest BCUT2D eigenvalue weighted by Crippen LogP contribution is 2.08. The van der Waals surface area contributed by atoms with Crippen LogP contribution in [0.5, 0.6) is 0 Å². The van der Waals surface area contributed by atoms with E-state index in [9.17, 15) is 9.59 Å². The zero-order chi connectivity index (χ0) is 11.0. The van der Waals surface area contributed by atoms with E-state index in [2.05, 4.69) is 0 Å². The van der Waals surface area contributed by atoms with Gasteiger partial charge in [0.25, 0.3) is 0 Å². The fourth-order valence-corrected chi connectivity index (χ4v) is 1.62. The third-order valence-corrected chi connectivity index (χ3v) is 2.68. The highest BCUT2D eigenvalue weighted by Gasteiger charge is 2.09. The number of thioether (sulfide) groups is 1. The summed E-state index contributed by atoms with van der Waals surface area (Å²) in [5.41, 5.74) is 5.32. The van der Waals surface area contributed by atoms with Crippen LogP contribution in [0.3, 0.4) is 0 Å². The summed E-state index contributed by atoms with van der Waals surface area (Å²) in [6.07, 6.45) is 3.20. The van der Waals surface area contributed by atoms with Crippen molar-refractivity contribution in [3.05, 3.63) is 0 Å². The molecule has 1 unspecified atom stereocenters. The molecule has 5 heteroatoms. The van der Waals surface area contributed by atoms with Crippen molar-refractivity contribution in [2.24, 2.45) is 5.73 Å². The summed E-state index contributed by atoms with van der Waals surface area (Å²) in [6.45, 7) is 1.55. The summed E-state index contributed by atoms with van der Waals surface area (Å²) in [4.78, 5) is 20.9. The molecule has 3 N–H and O–H groups in total. The van der Waals surface area contributed by atoms with Gasteiger partial charge in [-0.25, -0.2) is 0 Å². The zero-order valence-corrected chi connectivity index (χ0v) is 9.18. The van der Waals surface area contributed by atoms with Crippen LogP contribution < -0.4 is 5.73 Å². The van der Waals surface area contributed by atoms with Crippen molar-refractivity contribution in [2.75, 3.05) is 5.75 Å². The molecule has 1 atom stereocenters. The number of carboxylic acids is 1. The van der Waals surface area contributed by atoms with E-state index >= 15 is 0 Å². The van der Waals surface area contributed by atoms with Gasteiger partial charge in [0.15, 0.2) is 5.12 Å². The lowest BCUT2D eigenvalue weighted by molar-refractivity contribution is -0.138. The van der Waals surface area contributed by atoms with Gasteiger partial charge in [0.2, 0.25) is 0 Å². The summed E-state index contributed by atoms with van der Waals surface area (Å²) >= 11 is 1.31. The van der Waals surface area contributed by atoms with Crippen molar-refractivity contribution in [1.29, 1.82) is 0 Å². The number of unbranched alkanes of at least 4 members (excludes halogenated alkanes) is 2. The molecule has 0 rings (SSSR count). The molecule has 0 radical (unpaired) electrons. The maximum Gasteiger partial charge on any atom is 0.320 e. The zero-order valence-electron chi connectivity index (χ0n) is 8.36. The Kier molecular flexibility index (Phi) is 7.51. The molecule has 0 fully saturated rings. The molecule has 0 aromatic heterocycles. The number of carbonyl (C=O) groups is 2. The lowest BCUT2D eigenvalue weighted by Crippen LogP contribution is -2.29. The Morgan fingerprint density at radius 3 is 2.50 bits per heavy atom. The molecule has 0 aromatic rings. The molecular formula is C9H17NO3S. The summed E-state index contributed by atoms with van der Waals surface area (Å²) < 4.78 is 0. The van der Waals surface area contributed by atoms with Gasteiger partial charge < -0.3 is 10.8 Å². The second-order valence-electron chi connectivity index (χ2n) is 3.13. The molecule has 0 heterocycles. The first-order valence-electron chi connectivity index (χ1n) is 4.65. The quantitative estimate of drug-likeness (QED) is 0.630. The molecule has 0 aliphatic rings. The van der Waals surface area contributed by atoms with Crippen LogP contribution in [0.15, 0.2) is 0 Å². The van der Waals surface area contributed by atoms with E-state index in [1.165, 1.54) is 11.8 Å². The fraction of sp³-hybridized carbons (Fsp3) is 0.778. The number of aliphatic carboxylic acids is 1. The van der Waals surface area contributed by atoms with Gasteiger partial charge in [0, 0.05) is 12.7 Å². The van der Waals surface area contributed by atoms with Crippen LogP contribution in [0.25, 0.3) is 0 Å². The molecule has 0 bridgehead atoms. The van der Waals surface area contributed by atoms with Crippen molar-refractivity contribution in [3.8, 4) is 0 Å². The molecule has 0 spiro atoms. The summed E-state index contributed by atoms with van der Waals surface area (Å²) in [5.74, 6) is -0.124. The largest absolute Gasteiger partial charge is 0.480 e. The van der Waals surface area contributed by atoms with Crippen LogP contribution in [-0.2, 0) is 9.59 Å². The van der Waals surface area contributed by atoms with Crippen molar-refractivity contribution in [1.82, 2.24) is 0 Å². The van der Waals surface area contributed by atoms with E-state index in [1.54, 1.807) is 6.92 Å². The van der Waals surface area contributed by atoms with Crippen LogP contribution in [0.4, 0.5) is 0 Å². The Labute approximate surface area is 88.2 Å². The van der Waals surface area contributed by atoms with E-state index in [1.807, 2.05) is 0 Å². The molecule has 0 aromatic carbocycles. The average Bonchev–Trinajstić information content (AvgIpc) is 2.09. The van der Waals surface area contributed by atoms with Crippen LogP contribution in [-0.4, -0.2) is 28.0 Å². The SMILES string of the molecule is CC(=O)SCCCCCC(N)C(=O)O. The van der Waals surface area contributed by atoms with Gasteiger partial charge in [-0.15, -0.1) is 0 Å². The molecule has 82 valence electrons. The van der Waals surface area contributed by atoms with E-state index in [-0.39, 0.29) is 5.12 Å². The molecule has 14 heavy (non-hydrogen) atoms. The minimum absolute atomic E-state index is 0.132. The summed E-state index contributed by atoms with van der Waals surface area (Å²) in [6, 6.07) is -0.740. The van der Waals surface area contributed by atoms with Gasteiger partial charge >= 0.3 is 5.97 Å². The fourth-order valence-electron chi connectivity index (χ4n) is 0.982. The van der Waals surface area contributed by atoms with Gasteiger partial charge in [0.05, 0.1) is 0 Å². The third kappa shape index (κ3) is 8.07. The van der Waals surface area contributed by atoms with Gasteiger partial charge in [-0.05, 0) is 12.8 Å². The molecule has 4 nitrogen and oxygen atoms in total. The van der Waals surface area contributed by atoms with Gasteiger partial charge in [-0.2, -0.15) is 0 Å². The minimum atomic E-state index is -0.942. The van der Waals surface area contributed by atoms with Crippen molar-refractivity contribution in [3.63, 3.8) is 0 Å². The number of hydrogen-bond donors (Lipinski definition) is 2. The molecule has 0 saturated heterocycles. The smallest absolute Gasteiger partial charge is 0.320 e. The van der Waals surface area contributed by atoms with Gasteiger partial charge in [-0.1, -0.05) is 24.6 Å². The summed E-state index contributed by atoms with van der Waals surface area (Å²) in [7, 11) is 0. The standard InChI is InChI=1S/C9H17NO3S/c1-7(11)14-6-4-2-3-5-8(10)9(12)13/h8H,2-6,10H2,1H3,(H,12,13). The Hall–Kier alpha value is -0.550. The Balaban J connectivity index is 3.21. The minimum Gasteiger partial charge on any atom is -0.480 e. The highest BCUT2D eigenvalue weighted by atomic mass is 32.2. The van der Waals surface area contributed by atoms with Crippen molar-refractivity contribution in [2.45, 2.75) is 38.6 Å². The molecular weight excluding hydrogens is 202 g/mol. The first kappa shape index (κ1) is 13.4. The normalized spacial score (nSPS) is 12.4. The lowest BCUT2D eigenvalue weighted by atomic mass is 10.1. The van der Waals surface area contributed by atoms with E-state index in [0.29, 0.717) is 6.42 Å². The topological polar surface area (TPSA) is 80.4 Å².